The summed E-state index contributed by atoms with van der Waals surface area (Å²) in [6.07, 6.45) is 2.51. The maximum absolute atomic E-state index is 6.62. The Morgan fingerprint density at radius 1 is 0.865 bits per heavy atom. The van der Waals surface area contributed by atoms with E-state index in [9.17, 15) is 0 Å². The molecule has 0 bridgehead atoms. The van der Waals surface area contributed by atoms with Gasteiger partial charge in [0.05, 0.1) is 21.8 Å². The Labute approximate surface area is 234 Å². The Hall–Kier alpha value is -2.83. The number of rotatable bonds is 6. The van der Waals surface area contributed by atoms with Gasteiger partial charge in [0.2, 0.25) is 5.89 Å². The largest absolute Gasteiger partial charge is 0.418 e. The molecule has 1 aliphatic rings. The van der Waals surface area contributed by atoms with Gasteiger partial charge in [-0.05, 0) is 67.3 Å². The van der Waals surface area contributed by atoms with Crippen LogP contribution in [0.2, 0.25) is 20.1 Å². The summed E-state index contributed by atoms with van der Waals surface area (Å²) in [4.78, 5) is 0. The molecule has 186 valence electrons. The molecule has 0 amide bonds. The molecule has 5 aromatic rings. The summed E-state index contributed by atoms with van der Waals surface area (Å²) in [5.74, 6) is 0.929. The van der Waals surface area contributed by atoms with Crippen molar-refractivity contribution in [2.45, 2.75) is 31.6 Å². The molecule has 2 heterocycles. The van der Waals surface area contributed by atoms with E-state index in [0.717, 1.165) is 35.2 Å². The van der Waals surface area contributed by atoms with E-state index in [1.165, 1.54) is 0 Å². The molecule has 5 nitrogen and oxygen atoms in total. The van der Waals surface area contributed by atoms with Gasteiger partial charge in [0.25, 0.3) is 5.89 Å². The average Bonchev–Trinajstić information content (AvgIpc) is 3.38. The van der Waals surface area contributed by atoms with Crippen molar-refractivity contribution in [1.82, 2.24) is 20.0 Å². The molecule has 0 atom stereocenters. The van der Waals surface area contributed by atoms with E-state index in [-0.39, 0.29) is 5.41 Å². The molecule has 1 saturated carbocycles. The standard InChI is InChI=1S/C28H20Cl4N4O/c1-2-21-24(26-33-34-27(37-26)28(12-13-28)17-4-3-5-19(30)14-17)35-36(23-11-10-20(31)15-22(23)32)25(21)16-6-8-18(29)9-7-16/h3-11,14-15H,2,12-13H2,1H3. The molecule has 2 aromatic heterocycles. The molecule has 0 N–H and O–H groups in total. The third-order valence-corrected chi connectivity index (χ3v) is 7.78. The van der Waals surface area contributed by atoms with Crippen LogP contribution in [0.3, 0.4) is 0 Å². The highest BCUT2D eigenvalue weighted by molar-refractivity contribution is 6.35. The molecule has 0 spiro atoms. The molecule has 37 heavy (non-hydrogen) atoms. The average molecular weight is 570 g/mol. The van der Waals surface area contributed by atoms with Crippen LogP contribution >= 0.6 is 46.4 Å². The molecule has 1 fully saturated rings. The number of hydrogen-bond acceptors (Lipinski definition) is 4. The zero-order valence-corrected chi connectivity index (χ0v) is 22.7. The molecule has 0 saturated heterocycles. The van der Waals surface area contributed by atoms with Crippen molar-refractivity contribution in [1.29, 1.82) is 0 Å². The van der Waals surface area contributed by atoms with Gasteiger partial charge in [0.1, 0.15) is 0 Å². The van der Waals surface area contributed by atoms with Crippen LogP contribution in [-0.2, 0) is 11.8 Å². The first-order chi connectivity index (χ1) is 17.9. The molecular weight excluding hydrogens is 550 g/mol. The van der Waals surface area contributed by atoms with Crippen molar-refractivity contribution >= 4 is 46.4 Å². The number of nitrogens with zero attached hydrogens (tertiary/aromatic N) is 4. The first-order valence-corrected chi connectivity index (χ1v) is 13.3. The molecule has 3 aromatic carbocycles. The lowest BCUT2D eigenvalue weighted by molar-refractivity contribution is 0.470. The highest BCUT2D eigenvalue weighted by Gasteiger charge is 2.51. The summed E-state index contributed by atoms with van der Waals surface area (Å²) in [6, 6.07) is 20.8. The van der Waals surface area contributed by atoms with E-state index in [4.69, 9.17) is 55.9 Å². The number of aromatic nitrogens is 4. The Bertz CT molecular complexity index is 1620. The van der Waals surface area contributed by atoms with Gasteiger partial charge in [-0.3, -0.25) is 0 Å². The zero-order valence-electron chi connectivity index (χ0n) is 19.7. The fourth-order valence-corrected chi connectivity index (χ4v) is 5.54. The monoisotopic (exact) mass is 568 g/mol. The summed E-state index contributed by atoms with van der Waals surface area (Å²) in [5, 5.41) is 16.2. The van der Waals surface area contributed by atoms with Crippen molar-refractivity contribution < 1.29 is 4.42 Å². The SMILES string of the molecule is CCc1c(-c2nnc(C3(c4cccc(Cl)c4)CC3)o2)nn(-c2ccc(Cl)cc2Cl)c1-c1ccc(Cl)cc1. The Morgan fingerprint density at radius 3 is 2.27 bits per heavy atom. The first kappa shape index (κ1) is 24.5. The number of halogens is 4. The van der Waals surface area contributed by atoms with E-state index in [0.29, 0.717) is 49.7 Å². The summed E-state index contributed by atoms with van der Waals surface area (Å²) in [6.45, 7) is 2.07. The van der Waals surface area contributed by atoms with Crippen LogP contribution in [0.1, 0.15) is 36.8 Å². The Kier molecular flexibility index (Phi) is 6.28. The third-order valence-electron chi connectivity index (χ3n) is 6.76. The van der Waals surface area contributed by atoms with Gasteiger partial charge in [-0.15, -0.1) is 10.2 Å². The third kappa shape index (κ3) is 4.34. The van der Waals surface area contributed by atoms with Crippen LogP contribution in [-0.4, -0.2) is 20.0 Å². The second-order valence-electron chi connectivity index (χ2n) is 9.05. The molecule has 6 rings (SSSR count). The van der Waals surface area contributed by atoms with Crippen LogP contribution in [0.4, 0.5) is 0 Å². The van der Waals surface area contributed by atoms with Crippen molar-refractivity contribution in [3.63, 3.8) is 0 Å². The maximum Gasteiger partial charge on any atom is 0.268 e. The summed E-state index contributed by atoms with van der Waals surface area (Å²) in [5.41, 5.74) is 4.82. The maximum atomic E-state index is 6.62. The first-order valence-electron chi connectivity index (χ1n) is 11.8. The quantitative estimate of drug-likeness (QED) is 0.205. The van der Waals surface area contributed by atoms with Gasteiger partial charge in [-0.2, -0.15) is 5.10 Å². The van der Waals surface area contributed by atoms with Gasteiger partial charge in [0.15, 0.2) is 5.69 Å². The predicted molar refractivity (Wildman–Crippen MR) is 148 cm³/mol. The smallest absolute Gasteiger partial charge is 0.268 e. The van der Waals surface area contributed by atoms with Gasteiger partial charge in [-0.25, -0.2) is 4.68 Å². The van der Waals surface area contributed by atoms with Crippen LogP contribution in [0, 0.1) is 0 Å². The lowest BCUT2D eigenvalue weighted by Gasteiger charge is -2.11. The Balaban J connectivity index is 1.51. The number of benzene rings is 3. The molecule has 0 unspecified atom stereocenters. The summed E-state index contributed by atoms with van der Waals surface area (Å²) in [7, 11) is 0. The van der Waals surface area contributed by atoms with Crippen LogP contribution < -0.4 is 0 Å². The highest BCUT2D eigenvalue weighted by atomic mass is 35.5. The van der Waals surface area contributed by atoms with Crippen molar-refractivity contribution in [2.24, 2.45) is 0 Å². The normalized spacial score (nSPS) is 14.2. The van der Waals surface area contributed by atoms with Gasteiger partial charge in [-0.1, -0.05) is 77.6 Å². The highest BCUT2D eigenvalue weighted by Crippen LogP contribution is 2.53. The molecular formula is C28H20Cl4N4O. The molecule has 0 aliphatic heterocycles. The lowest BCUT2D eigenvalue weighted by atomic mass is 9.96. The molecule has 1 aliphatic carbocycles. The molecule has 0 radical (unpaired) electrons. The fraction of sp³-hybridized carbons (Fsp3) is 0.179. The van der Waals surface area contributed by atoms with E-state index < -0.39 is 0 Å². The van der Waals surface area contributed by atoms with Crippen LogP contribution in [0.15, 0.2) is 71.1 Å². The minimum Gasteiger partial charge on any atom is -0.418 e. The summed E-state index contributed by atoms with van der Waals surface area (Å²) >= 11 is 25.3. The van der Waals surface area contributed by atoms with Crippen LogP contribution in [0.25, 0.3) is 28.5 Å². The second-order valence-corrected chi connectivity index (χ2v) is 10.8. The second kappa shape index (κ2) is 9.48. The minimum absolute atomic E-state index is 0.316. The number of hydrogen-bond donors (Lipinski definition) is 0. The van der Waals surface area contributed by atoms with Gasteiger partial charge < -0.3 is 4.42 Å². The van der Waals surface area contributed by atoms with Crippen LogP contribution in [0.5, 0.6) is 0 Å². The molecule has 9 heteroatoms. The van der Waals surface area contributed by atoms with Crippen molar-refractivity contribution in [3.8, 4) is 28.5 Å². The van der Waals surface area contributed by atoms with E-state index in [1.54, 1.807) is 12.1 Å². The minimum atomic E-state index is -0.316. The van der Waals surface area contributed by atoms with Gasteiger partial charge in [0, 0.05) is 26.2 Å². The lowest BCUT2D eigenvalue weighted by Crippen LogP contribution is -2.09. The zero-order chi connectivity index (χ0) is 25.7. The fourth-order valence-electron chi connectivity index (χ4n) is 4.74. The van der Waals surface area contributed by atoms with Crippen molar-refractivity contribution in [2.75, 3.05) is 0 Å². The van der Waals surface area contributed by atoms with E-state index in [1.807, 2.05) is 53.2 Å². The Morgan fingerprint density at radius 2 is 1.59 bits per heavy atom. The summed E-state index contributed by atoms with van der Waals surface area (Å²) < 4.78 is 8.14. The van der Waals surface area contributed by atoms with Gasteiger partial charge >= 0.3 is 0 Å². The van der Waals surface area contributed by atoms with Crippen molar-refractivity contribution in [3.05, 3.63) is 104 Å². The van der Waals surface area contributed by atoms with E-state index in [2.05, 4.69) is 23.2 Å². The van der Waals surface area contributed by atoms with E-state index >= 15 is 0 Å². The predicted octanol–water partition coefficient (Wildman–Crippen LogP) is 8.85. The topological polar surface area (TPSA) is 56.7 Å².